The van der Waals surface area contributed by atoms with Crippen LogP contribution in [0.3, 0.4) is 0 Å². The summed E-state index contributed by atoms with van der Waals surface area (Å²) in [5, 5.41) is 0. The van der Waals surface area contributed by atoms with Gasteiger partial charge >= 0.3 is 0 Å². The van der Waals surface area contributed by atoms with Gasteiger partial charge in [-0.05, 0) is 46.6 Å². The molecule has 0 aromatic rings. The van der Waals surface area contributed by atoms with E-state index >= 15 is 0 Å². The fourth-order valence-corrected chi connectivity index (χ4v) is 2.55. The van der Waals surface area contributed by atoms with Crippen LogP contribution in [0, 0.1) is 0 Å². The highest BCUT2D eigenvalue weighted by Crippen LogP contribution is 2.33. The molecule has 16 heavy (non-hydrogen) atoms. The van der Waals surface area contributed by atoms with Gasteiger partial charge in [-0.3, -0.25) is 4.90 Å². The van der Waals surface area contributed by atoms with Gasteiger partial charge in [-0.1, -0.05) is 6.92 Å². The maximum atomic E-state index is 6.06. The lowest BCUT2D eigenvalue weighted by Gasteiger charge is -2.49. The highest BCUT2D eigenvalue weighted by molar-refractivity contribution is 4.97. The van der Waals surface area contributed by atoms with Gasteiger partial charge in [0.25, 0.3) is 0 Å². The number of likely N-dealkylation sites (N-methyl/N-ethyl adjacent to an activating group) is 1. The average Bonchev–Trinajstić information content (AvgIpc) is 2.54. The van der Waals surface area contributed by atoms with Crippen LogP contribution >= 0.6 is 0 Å². The molecule has 0 spiro atoms. The molecule has 0 aliphatic carbocycles. The summed E-state index contributed by atoms with van der Waals surface area (Å²) < 4.78 is 5.57. The number of ether oxygens (including phenoxy) is 1. The standard InChI is InChI=1S/C13H28N2O/c1-5-12(2,3)15(4)13(11-14)7-6-9-16-10-8-13/h5-11,14H2,1-4H3. The first-order chi connectivity index (χ1) is 7.48. The summed E-state index contributed by atoms with van der Waals surface area (Å²) in [5.74, 6) is 0. The lowest BCUT2D eigenvalue weighted by Crippen LogP contribution is -2.59. The van der Waals surface area contributed by atoms with Gasteiger partial charge in [0.2, 0.25) is 0 Å². The Hall–Kier alpha value is -0.120. The molecule has 1 aliphatic heterocycles. The Labute approximate surface area is 100 Å². The highest BCUT2D eigenvalue weighted by atomic mass is 16.5. The van der Waals surface area contributed by atoms with Crippen LogP contribution in [0.15, 0.2) is 0 Å². The van der Waals surface area contributed by atoms with Crippen molar-refractivity contribution in [2.45, 2.75) is 57.5 Å². The monoisotopic (exact) mass is 228 g/mol. The minimum absolute atomic E-state index is 0.135. The number of hydrogen-bond donors (Lipinski definition) is 1. The minimum Gasteiger partial charge on any atom is -0.381 e. The van der Waals surface area contributed by atoms with Gasteiger partial charge in [-0.15, -0.1) is 0 Å². The van der Waals surface area contributed by atoms with Gasteiger partial charge in [0.15, 0.2) is 0 Å². The molecule has 0 aromatic heterocycles. The number of nitrogens with two attached hydrogens (primary N) is 1. The summed E-state index contributed by atoms with van der Waals surface area (Å²) in [6.45, 7) is 9.32. The first-order valence-electron chi connectivity index (χ1n) is 6.50. The van der Waals surface area contributed by atoms with Crippen LogP contribution < -0.4 is 5.73 Å². The molecule has 1 heterocycles. The lowest BCUT2D eigenvalue weighted by molar-refractivity contribution is 0.00912. The Bertz CT molecular complexity index is 208. The van der Waals surface area contributed by atoms with Crippen LogP contribution in [0.25, 0.3) is 0 Å². The molecular formula is C13H28N2O. The number of hydrogen-bond acceptors (Lipinski definition) is 3. The summed E-state index contributed by atoms with van der Waals surface area (Å²) >= 11 is 0. The summed E-state index contributed by atoms with van der Waals surface area (Å²) in [7, 11) is 2.22. The topological polar surface area (TPSA) is 38.5 Å². The largest absolute Gasteiger partial charge is 0.381 e. The van der Waals surface area contributed by atoms with Crippen LogP contribution in [0.1, 0.15) is 46.5 Å². The fraction of sp³-hybridized carbons (Fsp3) is 1.00. The SMILES string of the molecule is CCC(C)(C)N(C)C1(CN)CCCOCC1. The van der Waals surface area contributed by atoms with Crippen molar-refractivity contribution in [2.24, 2.45) is 5.73 Å². The van der Waals surface area contributed by atoms with E-state index in [0.29, 0.717) is 0 Å². The normalized spacial score (nSPS) is 28.1. The first kappa shape index (κ1) is 13.9. The Morgan fingerprint density at radius 2 is 2.00 bits per heavy atom. The van der Waals surface area contributed by atoms with Crippen molar-refractivity contribution in [3.63, 3.8) is 0 Å². The molecule has 0 amide bonds. The zero-order valence-electron chi connectivity index (χ0n) is 11.4. The van der Waals surface area contributed by atoms with Crippen molar-refractivity contribution in [1.29, 1.82) is 0 Å². The molecule has 0 bridgehead atoms. The van der Waals surface area contributed by atoms with E-state index in [4.69, 9.17) is 10.5 Å². The maximum Gasteiger partial charge on any atom is 0.0484 e. The quantitative estimate of drug-likeness (QED) is 0.800. The van der Waals surface area contributed by atoms with Crippen molar-refractivity contribution >= 4 is 0 Å². The molecule has 0 saturated carbocycles. The predicted octanol–water partition coefficient (Wildman–Crippen LogP) is 2.00. The lowest BCUT2D eigenvalue weighted by atomic mass is 9.84. The summed E-state index contributed by atoms with van der Waals surface area (Å²) in [6, 6.07) is 0. The zero-order chi connectivity index (χ0) is 12.2. The second-order valence-corrected chi connectivity index (χ2v) is 5.62. The molecule has 1 fully saturated rings. The predicted molar refractivity (Wildman–Crippen MR) is 68.6 cm³/mol. The Kier molecular flexibility index (Phi) is 4.77. The van der Waals surface area contributed by atoms with Gasteiger partial charge in [0.05, 0.1) is 0 Å². The van der Waals surface area contributed by atoms with Gasteiger partial charge in [0, 0.05) is 30.8 Å². The molecule has 0 aromatic carbocycles. The van der Waals surface area contributed by atoms with Crippen molar-refractivity contribution < 1.29 is 4.74 Å². The molecular weight excluding hydrogens is 200 g/mol. The van der Waals surface area contributed by atoms with Crippen LogP contribution in [0.4, 0.5) is 0 Å². The Balaban J connectivity index is 2.84. The van der Waals surface area contributed by atoms with E-state index in [1.807, 2.05) is 0 Å². The first-order valence-corrected chi connectivity index (χ1v) is 6.50. The maximum absolute atomic E-state index is 6.06. The summed E-state index contributed by atoms with van der Waals surface area (Å²) in [6.07, 6.45) is 4.49. The highest BCUT2D eigenvalue weighted by Gasteiger charge is 2.40. The second-order valence-electron chi connectivity index (χ2n) is 5.62. The van der Waals surface area contributed by atoms with Crippen LogP contribution in [0.5, 0.6) is 0 Å². The van der Waals surface area contributed by atoms with Crippen molar-refractivity contribution in [3.05, 3.63) is 0 Å². The van der Waals surface area contributed by atoms with Crippen LogP contribution in [-0.2, 0) is 4.74 Å². The molecule has 1 aliphatic rings. The zero-order valence-corrected chi connectivity index (χ0v) is 11.4. The molecule has 2 N–H and O–H groups in total. The molecule has 1 unspecified atom stereocenters. The molecule has 3 heteroatoms. The average molecular weight is 228 g/mol. The van der Waals surface area contributed by atoms with Gasteiger partial charge in [-0.25, -0.2) is 0 Å². The summed E-state index contributed by atoms with van der Waals surface area (Å²) in [4.78, 5) is 2.49. The van der Waals surface area contributed by atoms with E-state index in [2.05, 4.69) is 32.7 Å². The third kappa shape index (κ3) is 2.76. The molecule has 0 radical (unpaired) electrons. The molecule has 1 atom stereocenters. The minimum atomic E-state index is 0.135. The number of nitrogens with zero attached hydrogens (tertiary/aromatic N) is 1. The molecule has 96 valence electrons. The Morgan fingerprint density at radius 1 is 1.31 bits per heavy atom. The van der Waals surface area contributed by atoms with Crippen molar-refractivity contribution in [1.82, 2.24) is 4.90 Å². The van der Waals surface area contributed by atoms with Gasteiger partial charge in [-0.2, -0.15) is 0 Å². The van der Waals surface area contributed by atoms with Gasteiger partial charge < -0.3 is 10.5 Å². The fourth-order valence-electron chi connectivity index (χ4n) is 2.55. The molecule has 3 nitrogen and oxygen atoms in total. The van der Waals surface area contributed by atoms with E-state index < -0.39 is 0 Å². The van der Waals surface area contributed by atoms with Crippen molar-refractivity contribution in [2.75, 3.05) is 26.8 Å². The molecule has 1 saturated heterocycles. The van der Waals surface area contributed by atoms with Crippen LogP contribution in [-0.4, -0.2) is 42.8 Å². The second kappa shape index (κ2) is 5.48. The van der Waals surface area contributed by atoms with E-state index in [1.165, 1.54) is 0 Å². The molecule has 1 rings (SSSR count). The van der Waals surface area contributed by atoms with E-state index in [9.17, 15) is 0 Å². The van der Waals surface area contributed by atoms with E-state index in [0.717, 1.165) is 45.4 Å². The summed E-state index contributed by atoms with van der Waals surface area (Å²) in [5.41, 5.74) is 6.41. The van der Waals surface area contributed by atoms with E-state index in [-0.39, 0.29) is 11.1 Å². The van der Waals surface area contributed by atoms with E-state index in [1.54, 1.807) is 0 Å². The van der Waals surface area contributed by atoms with Crippen molar-refractivity contribution in [3.8, 4) is 0 Å². The third-order valence-electron chi connectivity index (χ3n) is 4.51. The number of rotatable bonds is 4. The smallest absolute Gasteiger partial charge is 0.0484 e. The Morgan fingerprint density at radius 3 is 2.56 bits per heavy atom. The van der Waals surface area contributed by atoms with Crippen LogP contribution in [0.2, 0.25) is 0 Å². The van der Waals surface area contributed by atoms with Gasteiger partial charge in [0.1, 0.15) is 0 Å². The third-order valence-corrected chi connectivity index (χ3v) is 4.51.